The van der Waals surface area contributed by atoms with Gasteiger partial charge in [-0.2, -0.15) is 26.3 Å². The number of carbonyl (C=O) groups is 1. The predicted octanol–water partition coefficient (Wildman–Crippen LogP) is 2.36. The van der Waals surface area contributed by atoms with Gasteiger partial charge in [-0.25, -0.2) is 0 Å². The Hall–Kier alpha value is -2.34. The molecule has 0 aliphatic carbocycles. The minimum Gasteiger partial charge on any atom is -0.341 e. The molecule has 1 amide bonds. The Morgan fingerprint density at radius 1 is 1.11 bits per heavy atom. The van der Waals surface area contributed by atoms with Crippen LogP contribution in [0, 0.1) is 0 Å². The van der Waals surface area contributed by atoms with Crippen molar-refractivity contribution in [1.82, 2.24) is 10.6 Å². The molecule has 0 fully saturated rings. The average Bonchev–Trinajstić information content (AvgIpc) is 2.51. The number of rotatable bonds is 6. The first-order valence-electron chi connectivity index (χ1n) is 8.15. The van der Waals surface area contributed by atoms with Crippen LogP contribution >= 0.6 is 0 Å². The van der Waals surface area contributed by atoms with Crippen molar-refractivity contribution >= 4 is 11.9 Å². The lowest BCUT2D eigenvalue weighted by Crippen LogP contribution is -2.51. The molecule has 0 saturated carbocycles. The number of benzene rings is 1. The summed E-state index contributed by atoms with van der Waals surface area (Å²) < 4.78 is 74.6. The molecule has 1 rings (SSSR count). The molecule has 6 N–H and O–H groups in total. The molecule has 6 nitrogen and oxygen atoms in total. The summed E-state index contributed by atoms with van der Waals surface area (Å²) in [6.45, 7) is 0.979. The van der Waals surface area contributed by atoms with Gasteiger partial charge in [-0.3, -0.25) is 15.1 Å². The zero-order chi connectivity index (χ0) is 21.5. The van der Waals surface area contributed by atoms with Gasteiger partial charge in [0.2, 0.25) is 0 Å². The summed E-state index contributed by atoms with van der Waals surface area (Å²) in [5.41, 5.74) is 10.2. The minimum atomic E-state index is -4.56. The van der Waals surface area contributed by atoms with E-state index < -0.39 is 43.0 Å². The fourth-order valence-corrected chi connectivity index (χ4v) is 2.04. The molecule has 0 radical (unpaired) electrons. The third-order valence-electron chi connectivity index (χ3n) is 3.32. The van der Waals surface area contributed by atoms with Gasteiger partial charge in [0, 0.05) is 11.6 Å². The zero-order valence-electron chi connectivity index (χ0n) is 14.9. The number of carbonyl (C=O) groups excluding carboxylic acids is 1. The lowest BCUT2D eigenvalue weighted by atomic mass is 10.1. The van der Waals surface area contributed by atoms with Crippen LogP contribution in [0.15, 0.2) is 29.3 Å². The maximum atomic E-state index is 12.6. The molecule has 0 aliphatic rings. The Bertz CT molecular complexity index is 670. The number of hydrogen-bond acceptors (Lipinski definition) is 4. The van der Waals surface area contributed by atoms with E-state index in [0.717, 1.165) is 12.1 Å². The van der Waals surface area contributed by atoms with Crippen molar-refractivity contribution in [3.05, 3.63) is 35.4 Å². The number of halogens is 6. The summed E-state index contributed by atoms with van der Waals surface area (Å²) in [6.07, 6.45) is -10.8. The van der Waals surface area contributed by atoms with Gasteiger partial charge in [-0.1, -0.05) is 0 Å². The van der Waals surface area contributed by atoms with Crippen molar-refractivity contribution in [1.29, 1.82) is 0 Å². The topological polar surface area (TPSA) is 106 Å². The third-order valence-corrected chi connectivity index (χ3v) is 3.32. The molecule has 12 heteroatoms. The first kappa shape index (κ1) is 23.7. The Balaban J connectivity index is 2.88. The van der Waals surface area contributed by atoms with Crippen molar-refractivity contribution in [3.63, 3.8) is 0 Å². The fourth-order valence-electron chi connectivity index (χ4n) is 2.04. The van der Waals surface area contributed by atoms with Crippen LogP contribution in [-0.2, 0) is 6.18 Å². The Morgan fingerprint density at radius 3 is 2.14 bits per heavy atom. The van der Waals surface area contributed by atoms with E-state index in [1.165, 1.54) is 0 Å². The van der Waals surface area contributed by atoms with Gasteiger partial charge in [-0.15, -0.1) is 0 Å². The van der Waals surface area contributed by atoms with Crippen LogP contribution in [0.1, 0.15) is 35.7 Å². The smallest absolute Gasteiger partial charge is 0.341 e. The lowest BCUT2D eigenvalue weighted by Gasteiger charge is -2.19. The fraction of sp³-hybridized carbons (Fsp3) is 0.500. The highest BCUT2D eigenvalue weighted by Crippen LogP contribution is 2.29. The molecule has 0 spiro atoms. The van der Waals surface area contributed by atoms with Crippen LogP contribution in [0.3, 0.4) is 0 Å². The van der Waals surface area contributed by atoms with Gasteiger partial charge in [-0.05, 0) is 37.6 Å². The van der Waals surface area contributed by atoms with Crippen molar-refractivity contribution in [2.45, 2.75) is 44.3 Å². The zero-order valence-corrected chi connectivity index (χ0v) is 14.9. The highest BCUT2D eigenvalue weighted by Gasteiger charge is 2.30. The molecule has 1 aromatic carbocycles. The van der Waals surface area contributed by atoms with Crippen molar-refractivity contribution in [2.75, 3.05) is 6.54 Å². The number of nitrogens with one attached hydrogen (secondary N) is 2. The van der Waals surface area contributed by atoms with Crippen LogP contribution < -0.4 is 22.1 Å². The van der Waals surface area contributed by atoms with Crippen LogP contribution in [-0.4, -0.2) is 36.8 Å². The largest absolute Gasteiger partial charge is 0.416 e. The number of nitrogens with two attached hydrogens (primary N) is 2. The van der Waals surface area contributed by atoms with Gasteiger partial charge >= 0.3 is 12.4 Å². The van der Waals surface area contributed by atoms with Gasteiger partial charge in [0.05, 0.1) is 24.7 Å². The first-order valence-corrected chi connectivity index (χ1v) is 8.15. The summed E-state index contributed by atoms with van der Waals surface area (Å²) in [4.78, 5) is 15.8. The second-order valence-electron chi connectivity index (χ2n) is 6.09. The summed E-state index contributed by atoms with van der Waals surface area (Å²) in [7, 11) is 0. The molecule has 0 aromatic heterocycles. The Morgan fingerprint density at radius 2 is 1.68 bits per heavy atom. The number of aliphatic imine (C=N–C) groups is 1. The molecule has 28 heavy (non-hydrogen) atoms. The monoisotopic (exact) mass is 413 g/mol. The van der Waals surface area contributed by atoms with Crippen molar-refractivity contribution in [3.8, 4) is 0 Å². The van der Waals surface area contributed by atoms with Gasteiger partial charge in [0.15, 0.2) is 5.96 Å². The van der Waals surface area contributed by atoms with Crippen molar-refractivity contribution in [2.24, 2.45) is 16.5 Å². The molecule has 0 aliphatic heterocycles. The maximum Gasteiger partial charge on any atom is 0.416 e. The molecule has 2 atom stereocenters. The normalized spacial score (nSPS) is 15.1. The van der Waals surface area contributed by atoms with E-state index in [1.807, 2.05) is 0 Å². The van der Waals surface area contributed by atoms with Gasteiger partial charge in [0.25, 0.3) is 5.91 Å². The van der Waals surface area contributed by atoms with Crippen LogP contribution in [0.4, 0.5) is 26.3 Å². The second-order valence-corrected chi connectivity index (χ2v) is 6.09. The standard InChI is InChI=1S/C16H21F6N5O/c1-9(23)8-12(24)26-14(25-7-6-15(17,18)19)27-13(28)10-2-4-11(5-3-10)16(20,21)22/h2-5,9,12H,6-8,23-24H2,1H3,(H2,25,26,27,28). The summed E-state index contributed by atoms with van der Waals surface area (Å²) in [5, 5.41) is 4.75. The average molecular weight is 413 g/mol. The summed E-state index contributed by atoms with van der Waals surface area (Å²) >= 11 is 0. The maximum absolute atomic E-state index is 12.6. The van der Waals surface area contributed by atoms with E-state index in [4.69, 9.17) is 11.5 Å². The van der Waals surface area contributed by atoms with Crippen LogP contribution in [0.5, 0.6) is 0 Å². The van der Waals surface area contributed by atoms with Crippen LogP contribution in [0.2, 0.25) is 0 Å². The van der Waals surface area contributed by atoms with Crippen LogP contribution in [0.25, 0.3) is 0 Å². The van der Waals surface area contributed by atoms with E-state index >= 15 is 0 Å². The molecule has 0 heterocycles. The minimum absolute atomic E-state index is 0.140. The number of alkyl halides is 6. The highest BCUT2D eigenvalue weighted by molar-refractivity contribution is 6.05. The summed E-state index contributed by atoms with van der Waals surface area (Å²) in [5.74, 6) is -1.19. The van der Waals surface area contributed by atoms with E-state index in [-0.39, 0.29) is 24.0 Å². The molecular weight excluding hydrogens is 392 g/mol. The number of hydrogen-bond donors (Lipinski definition) is 4. The second kappa shape index (κ2) is 9.73. The van der Waals surface area contributed by atoms with E-state index in [9.17, 15) is 31.1 Å². The molecule has 158 valence electrons. The molecule has 0 bridgehead atoms. The Kier molecular flexibility index (Phi) is 8.24. The van der Waals surface area contributed by atoms with E-state index in [1.54, 1.807) is 6.92 Å². The van der Waals surface area contributed by atoms with E-state index in [0.29, 0.717) is 12.1 Å². The van der Waals surface area contributed by atoms with Gasteiger partial charge in [0.1, 0.15) is 0 Å². The SMILES string of the molecule is CC(N)CC(N)NC(=NCCC(F)(F)F)NC(=O)c1ccc(C(F)(F)F)cc1. The molecule has 2 unspecified atom stereocenters. The van der Waals surface area contributed by atoms with Gasteiger partial charge < -0.3 is 16.8 Å². The Labute approximate surface area is 157 Å². The predicted molar refractivity (Wildman–Crippen MR) is 91.3 cm³/mol. The highest BCUT2D eigenvalue weighted by atomic mass is 19.4. The lowest BCUT2D eigenvalue weighted by molar-refractivity contribution is -0.137. The molecule has 1 aromatic rings. The number of amides is 1. The third kappa shape index (κ3) is 9.04. The number of guanidine groups is 1. The molecule has 0 saturated heterocycles. The quantitative estimate of drug-likeness (QED) is 0.249. The summed E-state index contributed by atoms with van der Waals surface area (Å²) in [6, 6.07) is 2.97. The van der Waals surface area contributed by atoms with E-state index in [2.05, 4.69) is 15.6 Å². The molecular formula is C16H21F6N5O. The first-order chi connectivity index (χ1) is 12.8. The van der Waals surface area contributed by atoms with Crippen molar-refractivity contribution < 1.29 is 31.1 Å². The number of nitrogens with zero attached hydrogens (tertiary/aromatic N) is 1.